The molecule has 0 aliphatic rings. The van der Waals surface area contributed by atoms with Crippen molar-refractivity contribution in [3.05, 3.63) is 30.1 Å². The maximum absolute atomic E-state index is 13.1. The molecule has 0 spiro atoms. The van der Waals surface area contributed by atoms with E-state index in [4.69, 9.17) is 5.73 Å². The minimum atomic E-state index is -0.177. The molecular weight excluding hydrogens is 227 g/mol. The molecule has 0 saturated carbocycles. The van der Waals surface area contributed by atoms with Gasteiger partial charge >= 0.3 is 0 Å². The van der Waals surface area contributed by atoms with E-state index >= 15 is 0 Å². The summed E-state index contributed by atoms with van der Waals surface area (Å²) in [6.45, 7) is 5.23. The number of halogens is 1. The fourth-order valence-electron chi connectivity index (χ4n) is 2.17. The van der Waals surface area contributed by atoms with E-state index < -0.39 is 0 Å². The molecular formula is C15H25FN2. The van der Waals surface area contributed by atoms with Crippen LogP contribution < -0.4 is 10.6 Å². The summed E-state index contributed by atoms with van der Waals surface area (Å²) >= 11 is 0. The molecule has 1 aromatic carbocycles. The number of benzene rings is 1. The topological polar surface area (TPSA) is 29.3 Å². The maximum Gasteiger partial charge on any atom is 0.125 e. The molecule has 3 heteroatoms. The molecule has 2 unspecified atom stereocenters. The first-order chi connectivity index (χ1) is 8.49. The lowest BCUT2D eigenvalue weighted by molar-refractivity contribution is 0.480. The highest BCUT2D eigenvalue weighted by Gasteiger charge is 2.08. The summed E-state index contributed by atoms with van der Waals surface area (Å²) < 4.78 is 13.1. The highest BCUT2D eigenvalue weighted by Crippen LogP contribution is 2.17. The van der Waals surface area contributed by atoms with Gasteiger partial charge in [-0.1, -0.05) is 19.4 Å². The number of rotatable bonds is 7. The summed E-state index contributed by atoms with van der Waals surface area (Å²) in [5.74, 6) is 0.418. The van der Waals surface area contributed by atoms with E-state index in [0.29, 0.717) is 5.92 Å². The van der Waals surface area contributed by atoms with E-state index in [1.54, 1.807) is 12.1 Å². The van der Waals surface area contributed by atoms with Crippen LogP contribution in [0.25, 0.3) is 0 Å². The van der Waals surface area contributed by atoms with Gasteiger partial charge in [-0.3, -0.25) is 0 Å². The average molecular weight is 252 g/mol. The van der Waals surface area contributed by atoms with Gasteiger partial charge in [-0.15, -0.1) is 0 Å². The van der Waals surface area contributed by atoms with Crippen molar-refractivity contribution in [3.63, 3.8) is 0 Å². The number of hydrogen-bond donors (Lipinski definition) is 1. The predicted molar refractivity (Wildman–Crippen MR) is 76.3 cm³/mol. The second kappa shape index (κ2) is 7.37. The first-order valence-electron chi connectivity index (χ1n) is 6.71. The summed E-state index contributed by atoms with van der Waals surface area (Å²) in [5.41, 5.74) is 6.67. The van der Waals surface area contributed by atoms with Gasteiger partial charge in [-0.25, -0.2) is 4.39 Å². The molecule has 1 rings (SSSR count). The van der Waals surface area contributed by atoms with Crippen LogP contribution in [0.3, 0.4) is 0 Å². The summed E-state index contributed by atoms with van der Waals surface area (Å²) in [6, 6.07) is 7.04. The minimum Gasteiger partial charge on any atom is -0.374 e. The molecule has 0 heterocycles. The van der Waals surface area contributed by atoms with E-state index in [2.05, 4.69) is 11.8 Å². The maximum atomic E-state index is 13.1. The first kappa shape index (κ1) is 15.0. The van der Waals surface area contributed by atoms with Crippen molar-refractivity contribution >= 4 is 5.69 Å². The van der Waals surface area contributed by atoms with Crippen molar-refractivity contribution in [2.75, 3.05) is 18.5 Å². The third-order valence-corrected chi connectivity index (χ3v) is 3.19. The highest BCUT2D eigenvalue weighted by atomic mass is 19.1. The second-order valence-corrected chi connectivity index (χ2v) is 5.37. The molecule has 0 saturated heterocycles. The molecule has 0 amide bonds. The van der Waals surface area contributed by atoms with Crippen molar-refractivity contribution in [1.82, 2.24) is 0 Å². The van der Waals surface area contributed by atoms with Gasteiger partial charge in [0.2, 0.25) is 0 Å². The Morgan fingerprint density at radius 2 is 2.00 bits per heavy atom. The van der Waals surface area contributed by atoms with Crippen LogP contribution in [-0.4, -0.2) is 19.6 Å². The number of hydrogen-bond acceptors (Lipinski definition) is 2. The zero-order valence-electron chi connectivity index (χ0n) is 11.7. The van der Waals surface area contributed by atoms with Crippen LogP contribution >= 0.6 is 0 Å². The summed E-state index contributed by atoms with van der Waals surface area (Å²) in [5, 5.41) is 0. The summed E-state index contributed by atoms with van der Waals surface area (Å²) in [7, 11) is 2.01. The lowest BCUT2D eigenvalue weighted by atomic mass is 10.0. The predicted octanol–water partition coefficient (Wildman–Crippen LogP) is 3.42. The Kier molecular flexibility index (Phi) is 6.13. The molecule has 18 heavy (non-hydrogen) atoms. The van der Waals surface area contributed by atoms with Gasteiger partial charge in [0.05, 0.1) is 0 Å². The molecule has 0 aliphatic heterocycles. The van der Waals surface area contributed by atoms with Gasteiger partial charge in [0.15, 0.2) is 0 Å². The molecule has 0 bridgehead atoms. The number of anilines is 1. The fraction of sp³-hybridized carbons (Fsp3) is 0.600. The van der Waals surface area contributed by atoms with Crippen LogP contribution in [-0.2, 0) is 0 Å². The van der Waals surface area contributed by atoms with E-state index in [0.717, 1.165) is 25.1 Å². The third kappa shape index (κ3) is 5.50. The van der Waals surface area contributed by atoms with E-state index in [1.165, 1.54) is 12.5 Å². The van der Waals surface area contributed by atoms with Crippen molar-refractivity contribution in [2.24, 2.45) is 11.7 Å². The lowest BCUT2D eigenvalue weighted by Gasteiger charge is -2.23. The van der Waals surface area contributed by atoms with Crippen LogP contribution in [0.15, 0.2) is 24.3 Å². The van der Waals surface area contributed by atoms with E-state index in [-0.39, 0.29) is 11.9 Å². The van der Waals surface area contributed by atoms with Gasteiger partial charge < -0.3 is 10.6 Å². The molecule has 0 radical (unpaired) electrons. The average Bonchev–Trinajstić information content (AvgIpc) is 2.28. The number of nitrogens with zero attached hydrogens (tertiary/aromatic N) is 1. The first-order valence-corrected chi connectivity index (χ1v) is 6.71. The Bertz CT molecular complexity index is 352. The Hall–Kier alpha value is -1.09. The van der Waals surface area contributed by atoms with Crippen molar-refractivity contribution in [2.45, 2.75) is 39.2 Å². The molecule has 1 aromatic rings. The quantitative estimate of drug-likeness (QED) is 0.805. The van der Waals surface area contributed by atoms with Gasteiger partial charge in [0.1, 0.15) is 5.82 Å². The molecule has 0 fully saturated rings. The van der Waals surface area contributed by atoms with Crippen LogP contribution in [0, 0.1) is 11.7 Å². The molecule has 0 aromatic heterocycles. The van der Waals surface area contributed by atoms with Gasteiger partial charge in [0.25, 0.3) is 0 Å². The van der Waals surface area contributed by atoms with Gasteiger partial charge in [0, 0.05) is 25.3 Å². The van der Waals surface area contributed by atoms with Gasteiger partial charge in [-0.2, -0.15) is 0 Å². The molecule has 2 atom stereocenters. The second-order valence-electron chi connectivity index (χ2n) is 5.37. The monoisotopic (exact) mass is 252 g/mol. The van der Waals surface area contributed by atoms with Crippen molar-refractivity contribution in [3.8, 4) is 0 Å². The van der Waals surface area contributed by atoms with Crippen molar-refractivity contribution < 1.29 is 4.39 Å². The zero-order valence-corrected chi connectivity index (χ0v) is 11.7. The Morgan fingerprint density at radius 3 is 2.61 bits per heavy atom. The smallest absolute Gasteiger partial charge is 0.125 e. The summed E-state index contributed by atoms with van der Waals surface area (Å²) in [6.07, 6.45) is 3.41. The SMILES string of the molecule is CC(N)CCCC(C)CN(C)c1cccc(F)c1. The Balaban J connectivity index is 2.37. The third-order valence-electron chi connectivity index (χ3n) is 3.19. The molecule has 0 aliphatic carbocycles. The van der Waals surface area contributed by atoms with Crippen LogP contribution in [0.5, 0.6) is 0 Å². The fourth-order valence-corrected chi connectivity index (χ4v) is 2.17. The highest BCUT2D eigenvalue weighted by molar-refractivity contribution is 5.45. The van der Waals surface area contributed by atoms with Crippen LogP contribution in [0.2, 0.25) is 0 Å². The minimum absolute atomic E-state index is 0.177. The zero-order chi connectivity index (χ0) is 13.5. The largest absolute Gasteiger partial charge is 0.374 e. The Morgan fingerprint density at radius 1 is 1.28 bits per heavy atom. The van der Waals surface area contributed by atoms with Crippen LogP contribution in [0.4, 0.5) is 10.1 Å². The van der Waals surface area contributed by atoms with Gasteiger partial charge in [-0.05, 0) is 43.9 Å². The van der Waals surface area contributed by atoms with E-state index in [9.17, 15) is 4.39 Å². The van der Waals surface area contributed by atoms with E-state index in [1.807, 2.05) is 20.0 Å². The Labute approximate surface area is 110 Å². The molecule has 102 valence electrons. The molecule has 2 nitrogen and oxygen atoms in total. The van der Waals surface area contributed by atoms with Crippen molar-refractivity contribution in [1.29, 1.82) is 0 Å². The molecule has 2 N–H and O–H groups in total. The number of nitrogens with two attached hydrogens (primary N) is 1. The van der Waals surface area contributed by atoms with Crippen LogP contribution in [0.1, 0.15) is 33.1 Å². The lowest BCUT2D eigenvalue weighted by Crippen LogP contribution is -2.24. The normalized spacial score (nSPS) is 14.3. The standard InChI is InChI=1S/C15H25FN2/c1-12(6-4-7-13(2)17)11-18(3)15-9-5-8-14(16)10-15/h5,8-10,12-13H,4,6-7,11,17H2,1-3H3. The summed E-state index contributed by atoms with van der Waals surface area (Å²) in [4.78, 5) is 2.11.